The van der Waals surface area contributed by atoms with Crippen LogP contribution in [0.2, 0.25) is 0 Å². The molecule has 1 aromatic carbocycles. The Morgan fingerprint density at radius 3 is 2.64 bits per heavy atom. The molecular weight excluding hydrogens is 192 g/mol. The zero-order valence-electron chi connectivity index (χ0n) is 8.27. The molecule has 74 valence electrons. The lowest BCUT2D eigenvalue weighted by Crippen LogP contribution is -2.16. The van der Waals surface area contributed by atoms with Gasteiger partial charge in [0, 0.05) is 5.56 Å². The van der Waals surface area contributed by atoms with Crippen molar-refractivity contribution < 1.29 is 4.79 Å². The number of rotatable bonds is 5. The Bertz CT molecular complexity index is 305. The molecule has 0 amide bonds. The van der Waals surface area contributed by atoms with Crippen LogP contribution in [0.5, 0.6) is 0 Å². The monoisotopic (exact) mass is 206 g/mol. The van der Waals surface area contributed by atoms with Crippen LogP contribution in [0.25, 0.3) is 0 Å². The molecule has 0 aliphatic carbocycles. The number of hydrogen-bond donors (Lipinski definition) is 0. The molecule has 1 atom stereocenters. The van der Waals surface area contributed by atoms with E-state index < -0.39 is 0 Å². The summed E-state index contributed by atoms with van der Waals surface area (Å²) in [7, 11) is 0. The summed E-state index contributed by atoms with van der Waals surface area (Å²) in [6, 6.07) is 9.40. The fourth-order valence-electron chi connectivity index (χ4n) is 1.25. The highest BCUT2D eigenvalue weighted by atomic mass is 32.2. The van der Waals surface area contributed by atoms with Crippen LogP contribution >= 0.6 is 11.8 Å². The minimum absolute atomic E-state index is 0.00917. The van der Waals surface area contributed by atoms with Crippen molar-refractivity contribution in [3.05, 3.63) is 48.6 Å². The van der Waals surface area contributed by atoms with Crippen molar-refractivity contribution in [3.63, 3.8) is 0 Å². The molecule has 0 heterocycles. The number of carbonyl (C=O) groups excluding carboxylic acids is 1. The molecule has 1 aromatic rings. The molecule has 1 unspecified atom stereocenters. The van der Waals surface area contributed by atoms with Gasteiger partial charge in [-0.15, -0.1) is 6.58 Å². The third-order valence-electron chi connectivity index (χ3n) is 2.02. The number of ketones is 1. The largest absolute Gasteiger partial charge is 0.293 e. The van der Waals surface area contributed by atoms with Gasteiger partial charge in [0.1, 0.15) is 0 Å². The lowest BCUT2D eigenvalue weighted by molar-refractivity contribution is 0.0990. The van der Waals surface area contributed by atoms with Gasteiger partial charge in [0.05, 0.1) is 5.25 Å². The number of allylic oxidation sites excluding steroid dienone is 1. The van der Waals surface area contributed by atoms with Crippen molar-refractivity contribution in [1.82, 2.24) is 0 Å². The molecule has 0 aliphatic heterocycles. The van der Waals surface area contributed by atoms with Gasteiger partial charge in [0.15, 0.2) is 5.78 Å². The van der Waals surface area contributed by atoms with E-state index in [1.807, 2.05) is 36.6 Å². The van der Waals surface area contributed by atoms with Crippen LogP contribution in [0.1, 0.15) is 16.8 Å². The number of benzene rings is 1. The van der Waals surface area contributed by atoms with E-state index in [9.17, 15) is 4.79 Å². The van der Waals surface area contributed by atoms with Crippen LogP contribution in [-0.2, 0) is 0 Å². The molecule has 0 saturated heterocycles. The summed E-state index contributed by atoms with van der Waals surface area (Å²) in [6.07, 6.45) is 4.48. The highest BCUT2D eigenvalue weighted by Crippen LogP contribution is 2.17. The Morgan fingerprint density at radius 2 is 2.14 bits per heavy atom. The zero-order valence-corrected chi connectivity index (χ0v) is 9.09. The Hall–Kier alpha value is -1.02. The summed E-state index contributed by atoms with van der Waals surface area (Å²) < 4.78 is 0. The van der Waals surface area contributed by atoms with Crippen LogP contribution < -0.4 is 0 Å². The lowest BCUT2D eigenvalue weighted by Gasteiger charge is -2.10. The zero-order chi connectivity index (χ0) is 10.4. The Kier molecular flexibility index (Phi) is 4.47. The quantitative estimate of drug-likeness (QED) is 0.543. The molecule has 2 heteroatoms. The summed E-state index contributed by atoms with van der Waals surface area (Å²) in [5, 5.41) is 0.00917. The summed E-state index contributed by atoms with van der Waals surface area (Å²) in [5.74, 6) is 0.193. The SMILES string of the molecule is C=CCC(SC)C(=O)c1ccccc1. The Labute approximate surface area is 89.2 Å². The molecule has 0 spiro atoms. The van der Waals surface area contributed by atoms with Gasteiger partial charge in [0.25, 0.3) is 0 Å². The highest BCUT2D eigenvalue weighted by Gasteiger charge is 2.16. The van der Waals surface area contributed by atoms with Gasteiger partial charge in [-0.1, -0.05) is 36.4 Å². The van der Waals surface area contributed by atoms with Gasteiger partial charge in [-0.25, -0.2) is 0 Å². The van der Waals surface area contributed by atoms with Gasteiger partial charge < -0.3 is 0 Å². The third-order valence-corrected chi connectivity index (χ3v) is 2.99. The first-order valence-electron chi connectivity index (χ1n) is 4.52. The van der Waals surface area contributed by atoms with Crippen LogP contribution in [0.15, 0.2) is 43.0 Å². The summed E-state index contributed by atoms with van der Waals surface area (Å²) >= 11 is 1.58. The van der Waals surface area contributed by atoms with Gasteiger partial charge in [-0.2, -0.15) is 11.8 Å². The molecule has 0 bridgehead atoms. The summed E-state index contributed by atoms with van der Waals surface area (Å²) in [6.45, 7) is 3.66. The predicted molar refractivity (Wildman–Crippen MR) is 62.9 cm³/mol. The van der Waals surface area contributed by atoms with Crippen molar-refractivity contribution >= 4 is 17.5 Å². The maximum Gasteiger partial charge on any atom is 0.176 e. The smallest absolute Gasteiger partial charge is 0.176 e. The van der Waals surface area contributed by atoms with Crippen LogP contribution in [-0.4, -0.2) is 17.3 Å². The van der Waals surface area contributed by atoms with Gasteiger partial charge >= 0.3 is 0 Å². The molecule has 0 radical (unpaired) electrons. The van der Waals surface area contributed by atoms with Gasteiger partial charge in [-0.05, 0) is 12.7 Å². The average molecular weight is 206 g/mol. The van der Waals surface area contributed by atoms with Crippen LogP contribution in [0, 0.1) is 0 Å². The first kappa shape index (κ1) is 11.1. The van der Waals surface area contributed by atoms with E-state index in [1.165, 1.54) is 0 Å². The Morgan fingerprint density at radius 1 is 1.50 bits per heavy atom. The fraction of sp³-hybridized carbons (Fsp3) is 0.250. The Balaban J connectivity index is 2.78. The number of carbonyl (C=O) groups is 1. The summed E-state index contributed by atoms with van der Waals surface area (Å²) in [4.78, 5) is 11.9. The van der Waals surface area contributed by atoms with E-state index in [-0.39, 0.29) is 11.0 Å². The molecular formula is C12H14OS. The molecule has 14 heavy (non-hydrogen) atoms. The normalized spacial score (nSPS) is 12.1. The van der Waals surface area contributed by atoms with Crippen molar-refractivity contribution in [2.45, 2.75) is 11.7 Å². The molecule has 1 nitrogen and oxygen atoms in total. The minimum Gasteiger partial charge on any atom is -0.293 e. The highest BCUT2D eigenvalue weighted by molar-refractivity contribution is 7.99. The van der Waals surface area contributed by atoms with E-state index in [4.69, 9.17) is 0 Å². The van der Waals surface area contributed by atoms with Crippen LogP contribution in [0.3, 0.4) is 0 Å². The number of thioether (sulfide) groups is 1. The molecule has 0 saturated carbocycles. The first-order chi connectivity index (χ1) is 6.79. The van der Waals surface area contributed by atoms with Crippen molar-refractivity contribution in [1.29, 1.82) is 0 Å². The first-order valence-corrected chi connectivity index (χ1v) is 5.81. The summed E-state index contributed by atoms with van der Waals surface area (Å²) in [5.41, 5.74) is 0.786. The average Bonchev–Trinajstić information content (AvgIpc) is 2.26. The second-order valence-electron chi connectivity index (χ2n) is 2.98. The van der Waals surface area contributed by atoms with Crippen molar-refractivity contribution in [3.8, 4) is 0 Å². The van der Waals surface area contributed by atoms with Gasteiger partial charge in [0.2, 0.25) is 0 Å². The maximum absolute atomic E-state index is 11.9. The van der Waals surface area contributed by atoms with E-state index in [0.29, 0.717) is 0 Å². The standard InChI is InChI=1S/C12H14OS/c1-3-7-11(14-2)12(13)10-8-5-4-6-9-10/h3-6,8-9,11H,1,7H2,2H3. The lowest BCUT2D eigenvalue weighted by atomic mass is 10.1. The third kappa shape index (κ3) is 2.74. The second kappa shape index (κ2) is 5.66. The minimum atomic E-state index is 0.00917. The fourth-order valence-corrected chi connectivity index (χ4v) is 1.93. The van der Waals surface area contributed by atoms with E-state index in [1.54, 1.807) is 17.8 Å². The molecule has 0 fully saturated rings. The van der Waals surface area contributed by atoms with Crippen LogP contribution in [0.4, 0.5) is 0 Å². The van der Waals surface area contributed by atoms with E-state index >= 15 is 0 Å². The topological polar surface area (TPSA) is 17.1 Å². The van der Waals surface area contributed by atoms with Crippen molar-refractivity contribution in [2.75, 3.05) is 6.26 Å². The molecule has 0 aliphatic rings. The predicted octanol–water partition coefficient (Wildman–Crippen LogP) is 3.18. The second-order valence-corrected chi connectivity index (χ2v) is 4.02. The van der Waals surface area contributed by atoms with Gasteiger partial charge in [-0.3, -0.25) is 4.79 Å². The maximum atomic E-state index is 11.9. The molecule has 0 aromatic heterocycles. The van der Waals surface area contributed by atoms with Crippen molar-refractivity contribution in [2.24, 2.45) is 0 Å². The van der Waals surface area contributed by atoms with E-state index in [0.717, 1.165) is 12.0 Å². The number of Topliss-reactive ketones (excluding diaryl/α,β-unsaturated/α-hetero) is 1. The number of hydrogen-bond acceptors (Lipinski definition) is 2. The van der Waals surface area contributed by atoms with E-state index in [2.05, 4.69) is 6.58 Å². The molecule has 1 rings (SSSR count). The molecule has 0 N–H and O–H groups in total.